The summed E-state index contributed by atoms with van der Waals surface area (Å²) >= 11 is 0. The number of hydrogen-bond acceptors (Lipinski definition) is 1. The SMILES string of the molecule is CC1(C)c2ccccc2-c2ccc(-c3ccc4c(c3)c3cc(-c5ccc(N(c6ccccc6)c6cccc7ccccc67)cc5)ccc3n4-c3ccc4c5ccccc5c5ccccc5c4c3)cc21. The molecule has 13 aromatic rings. The van der Waals surface area contributed by atoms with E-state index in [-0.39, 0.29) is 5.41 Å². The Morgan fingerprint density at radius 2 is 0.826 bits per heavy atom. The van der Waals surface area contributed by atoms with Crippen LogP contribution in [-0.4, -0.2) is 4.57 Å². The number of aromatic nitrogens is 1. The van der Waals surface area contributed by atoms with E-state index in [1.54, 1.807) is 0 Å². The van der Waals surface area contributed by atoms with Gasteiger partial charge in [0.15, 0.2) is 0 Å². The van der Waals surface area contributed by atoms with E-state index in [1.807, 2.05) is 0 Å². The van der Waals surface area contributed by atoms with Crippen LogP contribution in [0.3, 0.4) is 0 Å². The molecule has 324 valence electrons. The normalized spacial score (nSPS) is 12.9. The van der Waals surface area contributed by atoms with E-state index in [0.717, 1.165) is 22.7 Å². The van der Waals surface area contributed by atoms with Crippen LogP contribution < -0.4 is 4.90 Å². The second-order valence-corrected chi connectivity index (χ2v) is 19.3. The summed E-state index contributed by atoms with van der Waals surface area (Å²) in [5.41, 5.74) is 17.1. The molecule has 69 heavy (non-hydrogen) atoms. The summed E-state index contributed by atoms with van der Waals surface area (Å²) in [6.45, 7) is 4.73. The van der Waals surface area contributed by atoms with Gasteiger partial charge in [0.2, 0.25) is 0 Å². The second kappa shape index (κ2) is 15.2. The Bertz CT molecular complexity index is 4170. The van der Waals surface area contributed by atoms with Gasteiger partial charge in [0.25, 0.3) is 0 Å². The van der Waals surface area contributed by atoms with Gasteiger partial charge in [-0.1, -0.05) is 184 Å². The zero-order valence-corrected chi connectivity index (χ0v) is 38.5. The smallest absolute Gasteiger partial charge is 0.0541 e. The molecule has 0 bridgehead atoms. The lowest BCUT2D eigenvalue weighted by Gasteiger charge is -2.27. The molecule has 0 N–H and O–H groups in total. The lowest BCUT2D eigenvalue weighted by atomic mass is 9.81. The average molecular weight is 879 g/mol. The number of benzene rings is 12. The van der Waals surface area contributed by atoms with Crippen LogP contribution in [0.5, 0.6) is 0 Å². The van der Waals surface area contributed by atoms with Crippen molar-refractivity contribution in [2.45, 2.75) is 19.3 Å². The van der Waals surface area contributed by atoms with Gasteiger partial charge in [-0.2, -0.15) is 0 Å². The third-order valence-corrected chi connectivity index (χ3v) is 15.1. The minimum absolute atomic E-state index is 0.0783. The van der Waals surface area contributed by atoms with Gasteiger partial charge in [-0.15, -0.1) is 0 Å². The molecule has 14 rings (SSSR count). The van der Waals surface area contributed by atoms with Crippen LogP contribution in [0.1, 0.15) is 25.0 Å². The van der Waals surface area contributed by atoms with Crippen LogP contribution in [0.2, 0.25) is 0 Å². The summed E-state index contributed by atoms with van der Waals surface area (Å²) in [5.74, 6) is 0. The van der Waals surface area contributed by atoms with Crippen molar-refractivity contribution in [3.05, 3.63) is 254 Å². The molecule has 0 unspecified atom stereocenters. The van der Waals surface area contributed by atoms with E-state index in [4.69, 9.17) is 0 Å². The molecule has 0 fully saturated rings. The maximum atomic E-state index is 2.48. The molecule has 0 saturated heterocycles. The summed E-state index contributed by atoms with van der Waals surface area (Å²) in [5, 5.41) is 12.6. The highest BCUT2D eigenvalue weighted by Crippen LogP contribution is 2.50. The van der Waals surface area contributed by atoms with E-state index >= 15 is 0 Å². The molecule has 1 aliphatic carbocycles. The predicted molar refractivity (Wildman–Crippen MR) is 294 cm³/mol. The summed E-state index contributed by atoms with van der Waals surface area (Å²) in [7, 11) is 0. The van der Waals surface area contributed by atoms with Crippen molar-refractivity contribution in [1.29, 1.82) is 0 Å². The number of anilines is 3. The first-order valence-electron chi connectivity index (χ1n) is 24.1. The highest BCUT2D eigenvalue weighted by Gasteiger charge is 2.35. The van der Waals surface area contributed by atoms with Gasteiger partial charge >= 0.3 is 0 Å². The predicted octanol–water partition coefficient (Wildman–Crippen LogP) is 18.5. The first kappa shape index (κ1) is 39.4. The molecule has 0 aliphatic heterocycles. The van der Waals surface area contributed by atoms with Gasteiger partial charge in [0, 0.05) is 38.6 Å². The minimum atomic E-state index is -0.0783. The highest BCUT2D eigenvalue weighted by molar-refractivity contribution is 6.25. The molecule has 12 aromatic carbocycles. The number of rotatable bonds is 6. The Balaban J connectivity index is 0.944. The first-order chi connectivity index (χ1) is 34.0. The highest BCUT2D eigenvalue weighted by atomic mass is 15.1. The number of hydrogen-bond donors (Lipinski definition) is 0. The quantitative estimate of drug-likeness (QED) is 0.151. The maximum absolute atomic E-state index is 2.48. The number of nitrogens with zero attached hydrogens (tertiary/aromatic N) is 2. The lowest BCUT2D eigenvalue weighted by Crippen LogP contribution is -2.14. The summed E-state index contributed by atoms with van der Waals surface area (Å²) in [4.78, 5) is 2.37. The Morgan fingerprint density at radius 3 is 1.54 bits per heavy atom. The Hall–Kier alpha value is -8.72. The molecule has 0 spiro atoms. The van der Waals surface area contributed by atoms with Crippen LogP contribution in [0.25, 0.3) is 104 Å². The molecule has 0 atom stereocenters. The molecule has 1 aliphatic rings. The summed E-state index contributed by atoms with van der Waals surface area (Å²) in [6, 6.07) is 90.0. The van der Waals surface area contributed by atoms with Crippen molar-refractivity contribution >= 4 is 82.0 Å². The van der Waals surface area contributed by atoms with Crippen LogP contribution in [-0.2, 0) is 5.41 Å². The molecule has 1 heterocycles. The molecule has 2 heteroatoms. The third kappa shape index (κ3) is 6.05. The van der Waals surface area contributed by atoms with Crippen molar-refractivity contribution in [3.8, 4) is 39.1 Å². The van der Waals surface area contributed by atoms with Crippen LogP contribution >= 0.6 is 0 Å². The van der Waals surface area contributed by atoms with Crippen molar-refractivity contribution < 1.29 is 0 Å². The van der Waals surface area contributed by atoms with Gasteiger partial charge < -0.3 is 9.47 Å². The Morgan fingerprint density at radius 1 is 0.319 bits per heavy atom. The van der Waals surface area contributed by atoms with E-state index in [2.05, 4.69) is 266 Å². The Labute approximate surface area is 401 Å². The summed E-state index contributed by atoms with van der Waals surface area (Å²) in [6.07, 6.45) is 0. The molecule has 0 radical (unpaired) electrons. The number of para-hydroxylation sites is 1. The fourth-order valence-electron chi connectivity index (χ4n) is 11.8. The van der Waals surface area contributed by atoms with E-state index in [0.29, 0.717) is 0 Å². The average Bonchev–Trinajstić information content (AvgIpc) is 3.86. The summed E-state index contributed by atoms with van der Waals surface area (Å²) < 4.78 is 2.48. The lowest BCUT2D eigenvalue weighted by molar-refractivity contribution is 0.660. The monoisotopic (exact) mass is 878 g/mol. The van der Waals surface area contributed by atoms with E-state index < -0.39 is 0 Å². The van der Waals surface area contributed by atoms with Crippen LogP contribution in [0.15, 0.2) is 243 Å². The molecular weight excluding hydrogens is 833 g/mol. The van der Waals surface area contributed by atoms with Crippen LogP contribution in [0, 0.1) is 0 Å². The fraction of sp³-hybridized carbons (Fsp3) is 0.0448. The standard InChI is InChI=1S/C67H46N2/c1-67(2)62-25-13-12-24-57(62)58-35-29-47(41-63(58)67)46-31-38-66-61(40-46)60-39-45(43-27-32-49(33-28-43)68(48-17-4-3-5-18-48)64-26-14-16-44-15-6-7-19-51(44)64)30-37-65(60)69(66)50-34-36-56-54-22-9-8-20-52(54)53-21-10-11-23-55(53)59(56)42-50/h3-42H,1-2H3. The molecule has 0 saturated carbocycles. The van der Waals surface area contributed by atoms with Crippen molar-refractivity contribution in [2.75, 3.05) is 4.90 Å². The second-order valence-electron chi connectivity index (χ2n) is 19.3. The van der Waals surface area contributed by atoms with Gasteiger partial charge in [0.1, 0.15) is 0 Å². The van der Waals surface area contributed by atoms with Crippen molar-refractivity contribution in [1.82, 2.24) is 4.57 Å². The molecule has 0 amide bonds. The van der Waals surface area contributed by atoms with Gasteiger partial charge in [0.05, 0.1) is 16.7 Å². The first-order valence-corrected chi connectivity index (χ1v) is 24.1. The Kier molecular flexibility index (Phi) is 8.66. The molecule has 2 nitrogen and oxygen atoms in total. The third-order valence-electron chi connectivity index (χ3n) is 15.1. The van der Waals surface area contributed by atoms with E-state index in [1.165, 1.54) is 109 Å². The zero-order valence-electron chi connectivity index (χ0n) is 38.5. The maximum Gasteiger partial charge on any atom is 0.0541 e. The van der Waals surface area contributed by atoms with Crippen molar-refractivity contribution in [2.24, 2.45) is 0 Å². The topological polar surface area (TPSA) is 8.17 Å². The molecule has 1 aromatic heterocycles. The van der Waals surface area contributed by atoms with Gasteiger partial charge in [-0.3, -0.25) is 0 Å². The molecular formula is C67H46N2. The largest absolute Gasteiger partial charge is 0.310 e. The van der Waals surface area contributed by atoms with Crippen LogP contribution in [0.4, 0.5) is 17.1 Å². The van der Waals surface area contributed by atoms with E-state index in [9.17, 15) is 0 Å². The van der Waals surface area contributed by atoms with Crippen molar-refractivity contribution in [3.63, 3.8) is 0 Å². The van der Waals surface area contributed by atoms with Gasteiger partial charge in [-0.05, 0) is 155 Å². The number of fused-ring (bicyclic) bond motifs is 13. The zero-order chi connectivity index (χ0) is 45.8. The minimum Gasteiger partial charge on any atom is -0.310 e. The van der Waals surface area contributed by atoms with Gasteiger partial charge in [-0.25, -0.2) is 0 Å². The fourth-order valence-corrected chi connectivity index (χ4v) is 11.8.